The summed E-state index contributed by atoms with van der Waals surface area (Å²) in [6, 6.07) is 14.1. The Labute approximate surface area is 124 Å². The predicted molar refractivity (Wildman–Crippen MR) is 82.1 cm³/mol. The lowest BCUT2D eigenvalue weighted by atomic mass is 9.88. The van der Waals surface area contributed by atoms with Crippen LogP contribution in [0, 0.1) is 0 Å². The van der Waals surface area contributed by atoms with Crippen molar-refractivity contribution in [2.45, 2.75) is 31.9 Å². The Morgan fingerprint density at radius 2 is 1.95 bits per heavy atom. The summed E-state index contributed by atoms with van der Waals surface area (Å²) in [4.78, 5) is 0. The number of ether oxygens (including phenoxy) is 1. The van der Waals surface area contributed by atoms with Gasteiger partial charge in [0.1, 0.15) is 12.4 Å². The third kappa shape index (κ3) is 2.97. The van der Waals surface area contributed by atoms with Crippen molar-refractivity contribution in [1.82, 2.24) is 0 Å². The van der Waals surface area contributed by atoms with Crippen molar-refractivity contribution in [2.24, 2.45) is 5.73 Å². The van der Waals surface area contributed by atoms with E-state index in [-0.39, 0.29) is 6.04 Å². The maximum atomic E-state index is 6.17. The molecule has 0 heterocycles. The summed E-state index contributed by atoms with van der Waals surface area (Å²) in [7, 11) is 0. The van der Waals surface area contributed by atoms with E-state index in [9.17, 15) is 0 Å². The fourth-order valence-electron chi connectivity index (χ4n) is 2.65. The van der Waals surface area contributed by atoms with Crippen LogP contribution in [0.5, 0.6) is 5.75 Å². The molecule has 0 aliphatic heterocycles. The number of rotatable bonds is 3. The highest BCUT2D eigenvalue weighted by molar-refractivity contribution is 6.30. The van der Waals surface area contributed by atoms with E-state index in [1.165, 1.54) is 17.5 Å². The van der Waals surface area contributed by atoms with Crippen LogP contribution in [0.4, 0.5) is 0 Å². The van der Waals surface area contributed by atoms with Crippen molar-refractivity contribution in [3.05, 3.63) is 64.2 Å². The van der Waals surface area contributed by atoms with Gasteiger partial charge in [0.15, 0.2) is 0 Å². The highest BCUT2D eigenvalue weighted by atomic mass is 35.5. The van der Waals surface area contributed by atoms with Crippen LogP contribution in [-0.2, 0) is 13.0 Å². The first-order valence-electron chi connectivity index (χ1n) is 6.98. The minimum Gasteiger partial charge on any atom is -0.489 e. The van der Waals surface area contributed by atoms with E-state index >= 15 is 0 Å². The van der Waals surface area contributed by atoms with E-state index in [1.807, 2.05) is 30.3 Å². The van der Waals surface area contributed by atoms with Crippen molar-refractivity contribution in [3.8, 4) is 5.75 Å². The number of benzene rings is 2. The van der Waals surface area contributed by atoms with E-state index in [0.29, 0.717) is 6.61 Å². The zero-order chi connectivity index (χ0) is 13.9. The molecule has 0 saturated carbocycles. The molecule has 0 bridgehead atoms. The molecule has 20 heavy (non-hydrogen) atoms. The summed E-state index contributed by atoms with van der Waals surface area (Å²) in [6.45, 7) is 0.547. The van der Waals surface area contributed by atoms with Crippen LogP contribution in [0.3, 0.4) is 0 Å². The van der Waals surface area contributed by atoms with E-state index in [4.69, 9.17) is 22.1 Å². The summed E-state index contributed by atoms with van der Waals surface area (Å²) >= 11 is 5.87. The van der Waals surface area contributed by atoms with Crippen LogP contribution in [0.15, 0.2) is 42.5 Å². The van der Waals surface area contributed by atoms with Gasteiger partial charge >= 0.3 is 0 Å². The Kier molecular flexibility index (Phi) is 3.95. The van der Waals surface area contributed by atoms with Crippen molar-refractivity contribution >= 4 is 11.6 Å². The molecular formula is C17H18ClNO. The second-order valence-electron chi connectivity index (χ2n) is 5.27. The Morgan fingerprint density at radius 3 is 2.75 bits per heavy atom. The largest absolute Gasteiger partial charge is 0.489 e. The molecular weight excluding hydrogens is 270 g/mol. The van der Waals surface area contributed by atoms with E-state index in [1.54, 1.807) is 0 Å². The zero-order valence-electron chi connectivity index (χ0n) is 11.3. The number of nitrogens with two attached hydrogens (primary N) is 1. The van der Waals surface area contributed by atoms with Gasteiger partial charge in [0.25, 0.3) is 0 Å². The lowest BCUT2D eigenvalue weighted by molar-refractivity contribution is 0.305. The molecule has 2 aromatic carbocycles. The SMILES string of the molecule is N[C@@H]1CCCc2ccc(OCc3ccc(Cl)cc3)cc21. The maximum Gasteiger partial charge on any atom is 0.120 e. The first-order valence-corrected chi connectivity index (χ1v) is 7.36. The van der Waals surface area contributed by atoms with Crippen molar-refractivity contribution in [3.63, 3.8) is 0 Å². The van der Waals surface area contributed by atoms with Crippen molar-refractivity contribution in [2.75, 3.05) is 0 Å². The lowest BCUT2D eigenvalue weighted by Crippen LogP contribution is -2.17. The van der Waals surface area contributed by atoms with Crippen LogP contribution in [0.1, 0.15) is 35.6 Å². The summed E-state index contributed by atoms with van der Waals surface area (Å²) in [6.07, 6.45) is 3.37. The molecule has 1 aliphatic rings. The second kappa shape index (κ2) is 5.86. The lowest BCUT2D eigenvalue weighted by Gasteiger charge is -2.22. The number of halogens is 1. The molecule has 0 fully saturated rings. The van der Waals surface area contributed by atoms with Crippen LogP contribution in [-0.4, -0.2) is 0 Å². The van der Waals surface area contributed by atoms with Gasteiger partial charge in [-0.3, -0.25) is 0 Å². The molecule has 1 atom stereocenters. The molecule has 0 amide bonds. The summed E-state index contributed by atoms with van der Waals surface area (Å²) in [5.41, 5.74) is 9.88. The molecule has 2 N–H and O–H groups in total. The number of hydrogen-bond acceptors (Lipinski definition) is 2. The summed E-state index contributed by atoms with van der Waals surface area (Å²) in [5.74, 6) is 0.885. The van der Waals surface area contributed by atoms with Crippen LogP contribution >= 0.6 is 11.6 Å². The predicted octanol–water partition coefficient (Wildman–Crippen LogP) is 4.26. The Morgan fingerprint density at radius 1 is 1.15 bits per heavy atom. The smallest absolute Gasteiger partial charge is 0.120 e. The van der Waals surface area contributed by atoms with Gasteiger partial charge in [-0.2, -0.15) is 0 Å². The second-order valence-corrected chi connectivity index (χ2v) is 5.71. The van der Waals surface area contributed by atoms with Crippen molar-refractivity contribution < 1.29 is 4.74 Å². The maximum absolute atomic E-state index is 6.17. The monoisotopic (exact) mass is 287 g/mol. The third-order valence-corrected chi connectivity index (χ3v) is 4.05. The Balaban J connectivity index is 1.72. The topological polar surface area (TPSA) is 35.2 Å². The molecule has 104 valence electrons. The fourth-order valence-corrected chi connectivity index (χ4v) is 2.78. The zero-order valence-corrected chi connectivity index (χ0v) is 12.1. The molecule has 0 spiro atoms. The van der Waals surface area contributed by atoms with Gasteiger partial charge in [0, 0.05) is 11.1 Å². The molecule has 2 nitrogen and oxygen atoms in total. The van der Waals surface area contributed by atoms with Gasteiger partial charge in [0.2, 0.25) is 0 Å². The number of fused-ring (bicyclic) bond motifs is 1. The number of hydrogen-bond donors (Lipinski definition) is 1. The average Bonchev–Trinajstić information content (AvgIpc) is 2.47. The van der Waals surface area contributed by atoms with Gasteiger partial charge in [0.05, 0.1) is 0 Å². The van der Waals surface area contributed by atoms with Crippen molar-refractivity contribution in [1.29, 1.82) is 0 Å². The summed E-state index contributed by atoms with van der Waals surface area (Å²) in [5, 5.41) is 0.744. The molecule has 3 heteroatoms. The van der Waals surface area contributed by atoms with Crippen LogP contribution in [0.2, 0.25) is 5.02 Å². The first-order chi connectivity index (χ1) is 9.72. The molecule has 1 aliphatic carbocycles. The highest BCUT2D eigenvalue weighted by Gasteiger charge is 2.17. The quantitative estimate of drug-likeness (QED) is 0.916. The summed E-state index contributed by atoms with van der Waals surface area (Å²) < 4.78 is 5.85. The molecule has 0 radical (unpaired) electrons. The fraction of sp³-hybridized carbons (Fsp3) is 0.294. The van der Waals surface area contributed by atoms with Gasteiger partial charge in [-0.05, 0) is 60.2 Å². The van der Waals surface area contributed by atoms with E-state index < -0.39 is 0 Å². The normalized spacial score (nSPS) is 17.6. The molecule has 0 aromatic heterocycles. The van der Waals surface area contributed by atoms with Crippen LogP contribution in [0.25, 0.3) is 0 Å². The van der Waals surface area contributed by atoms with Gasteiger partial charge in [-0.15, -0.1) is 0 Å². The van der Waals surface area contributed by atoms with E-state index in [0.717, 1.165) is 29.2 Å². The number of aryl methyl sites for hydroxylation is 1. The Bertz CT molecular complexity index is 594. The third-order valence-electron chi connectivity index (χ3n) is 3.80. The molecule has 3 rings (SSSR count). The highest BCUT2D eigenvalue weighted by Crippen LogP contribution is 2.31. The van der Waals surface area contributed by atoms with Crippen LogP contribution < -0.4 is 10.5 Å². The molecule has 2 aromatic rings. The average molecular weight is 288 g/mol. The minimum atomic E-state index is 0.151. The standard InChI is InChI=1S/C17H18ClNO/c18-14-7-4-12(5-8-14)11-20-15-9-6-13-2-1-3-17(19)16(13)10-15/h4-10,17H,1-3,11,19H2/t17-/m1/s1. The van der Waals surface area contributed by atoms with E-state index in [2.05, 4.69) is 12.1 Å². The van der Waals surface area contributed by atoms with Gasteiger partial charge < -0.3 is 10.5 Å². The minimum absolute atomic E-state index is 0.151. The van der Waals surface area contributed by atoms with Gasteiger partial charge in [-0.25, -0.2) is 0 Å². The Hall–Kier alpha value is -1.51. The molecule has 0 unspecified atom stereocenters. The first kappa shape index (κ1) is 13.5. The molecule has 0 saturated heterocycles. The van der Waals surface area contributed by atoms with Gasteiger partial charge in [-0.1, -0.05) is 29.8 Å².